The summed E-state index contributed by atoms with van der Waals surface area (Å²) in [7, 11) is 0. The van der Waals surface area contributed by atoms with Crippen molar-refractivity contribution in [2.45, 2.75) is 39.2 Å². The number of carbonyl (C=O) groups excluding carboxylic acids is 1. The van der Waals surface area contributed by atoms with E-state index in [1.54, 1.807) is 6.92 Å². The standard InChI is InChI=1S/C17H21N3O5/c1-3-13(17(22)23)18-14(21)9-10-15-19-16(20-25-15)11-5-7-12(8-6-11)24-4-2/h5-8,13H,3-4,9-10H2,1-2H3,(H,18,21)(H,22,23). The lowest BCUT2D eigenvalue weighted by Crippen LogP contribution is -2.40. The summed E-state index contributed by atoms with van der Waals surface area (Å²) in [5.41, 5.74) is 0.778. The summed E-state index contributed by atoms with van der Waals surface area (Å²) in [6, 6.07) is 6.41. The average Bonchev–Trinajstić information content (AvgIpc) is 3.07. The second kappa shape index (κ2) is 8.81. The molecule has 0 fully saturated rings. The van der Waals surface area contributed by atoms with E-state index >= 15 is 0 Å². The highest BCUT2D eigenvalue weighted by Crippen LogP contribution is 2.20. The van der Waals surface area contributed by atoms with E-state index in [1.807, 2.05) is 31.2 Å². The van der Waals surface area contributed by atoms with E-state index in [0.717, 1.165) is 11.3 Å². The van der Waals surface area contributed by atoms with Gasteiger partial charge in [-0.25, -0.2) is 4.79 Å². The molecule has 0 aliphatic rings. The van der Waals surface area contributed by atoms with E-state index in [2.05, 4.69) is 15.5 Å². The number of ether oxygens (including phenoxy) is 1. The van der Waals surface area contributed by atoms with E-state index in [1.165, 1.54) is 0 Å². The molecule has 0 saturated heterocycles. The topological polar surface area (TPSA) is 115 Å². The Morgan fingerprint density at radius 3 is 2.60 bits per heavy atom. The number of carboxylic acids is 1. The van der Waals surface area contributed by atoms with Crippen molar-refractivity contribution in [2.75, 3.05) is 6.61 Å². The molecule has 134 valence electrons. The molecule has 2 N–H and O–H groups in total. The predicted molar refractivity (Wildman–Crippen MR) is 89.1 cm³/mol. The normalized spacial score (nSPS) is 11.8. The maximum atomic E-state index is 11.8. The molecule has 0 spiro atoms. The number of aryl methyl sites for hydroxylation is 1. The van der Waals surface area contributed by atoms with E-state index in [9.17, 15) is 9.59 Å². The molecule has 0 radical (unpaired) electrons. The second-order valence-corrected chi connectivity index (χ2v) is 5.34. The monoisotopic (exact) mass is 347 g/mol. The van der Waals surface area contributed by atoms with Crippen LogP contribution >= 0.6 is 0 Å². The van der Waals surface area contributed by atoms with Crippen molar-refractivity contribution >= 4 is 11.9 Å². The number of hydrogen-bond acceptors (Lipinski definition) is 6. The third-order valence-electron chi connectivity index (χ3n) is 3.50. The first-order chi connectivity index (χ1) is 12.0. The van der Waals surface area contributed by atoms with Gasteiger partial charge < -0.3 is 19.7 Å². The van der Waals surface area contributed by atoms with Crippen LogP contribution in [0.4, 0.5) is 0 Å². The molecule has 8 heteroatoms. The van der Waals surface area contributed by atoms with Crippen LogP contribution in [0.5, 0.6) is 5.75 Å². The Bertz CT molecular complexity index is 711. The quantitative estimate of drug-likeness (QED) is 0.713. The minimum absolute atomic E-state index is 0.0781. The summed E-state index contributed by atoms with van der Waals surface area (Å²) in [6.07, 6.45) is 0.643. The third-order valence-corrected chi connectivity index (χ3v) is 3.50. The van der Waals surface area contributed by atoms with Crippen LogP contribution in [0.15, 0.2) is 28.8 Å². The molecule has 2 rings (SSSR count). The minimum Gasteiger partial charge on any atom is -0.494 e. The van der Waals surface area contributed by atoms with Crippen molar-refractivity contribution in [1.29, 1.82) is 0 Å². The highest BCUT2D eigenvalue weighted by Gasteiger charge is 2.18. The zero-order valence-corrected chi connectivity index (χ0v) is 14.2. The van der Waals surface area contributed by atoms with Crippen molar-refractivity contribution in [1.82, 2.24) is 15.5 Å². The van der Waals surface area contributed by atoms with Gasteiger partial charge >= 0.3 is 5.97 Å². The summed E-state index contributed by atoms with van der Waals surface area (Å²) >= 11 is 0. The smallest absolute Gasteiger partial charge is 0.326 e. The van der Waals surface area contributed by atoms with Gasteiger partial charge in [-0.2, -0.15) is 4.98 Å². The van der Waals surface area contributed by atoms with Crippen LogP contribution in [0, 0.1) is 0 Å². The first-order valence-electron chi connectivity index (χ1n) is 8.11. The van der Waals surface area contributed by atoms with Gasteiger partial charge in [-0.15, -0.1) is 0 Å². The summed E-state index contributed by atoms with van der Waals surface area (Å²) in [6.45, 7) is 4.20. The van der Waals surface area contributed by atoms with Gasteiger partial charge in [0.15, 0.2) is 0 Å². The molecular formula is C17H21N3O5. The summed E-state index contributed by atoms with van der Waals surface area (Å²) in [5, 5.41) is 15.3. The fourth-order valence-corrected chi connectivity index (χ4v) is 2.17. The summed E-state index contributed by atoms with van der Waals surface area (Å²) < 4.78 is 10.5. The van der Waals surface area contributed by atoms with Gasteiger partial charge in [-0.3, -0.25) is 4.79 Å². The van der Waals surface area contributed by atoms with Gasteiger partial charge in [0.25, 0.3) is 0 Å². The molecule has 0 saturated carbocycles. The van der Waals surface area contributed by atoms with Crippen molar-refractivity contribution in [2.24, 2.45) is 0 Å². The van der Waals surface area contributed by atoms with Crippen molar-refractivity contribution < 1.29 is 24.0 Å². The number of hydrogen-bond donors (Lipinski definition) is 2. The Morgan fingerprint density at radius 1 is 1.28 bits per heavy atom. The number of nitrogens with zero attached hydrogens (tertiary/aromatic N) is 2. The molecule has 1 heterocycles. The zero-order valence-electron chi connectivity index (χ0n) is 14.2. The number of aliphatic carboxylic acids is 1. The van der Waals surface area contributed by atoms with Crippen molar-refractivity contribution in [3.8, 4) is 17.1 Å². The van der Waals surface area contributed by atoms with Gasteiger partial charge in [-0.1, -0.05) is 12.1 Å². The van der Waals surface area contributed by atoms with E-state index in [4.69, 9.17) is 14.4 Å². The van der Waals surface area contributed by atoms with Gasteiger partial charge in [0.2, 0.25) is 17.6 Å². The molecule has 8 nitrogen and oxygen atoms in total. The third kappa shape index (κ3) is 5.30. The number of carbonyl (C=O) groups is 2. The van der Waals surface area contributed by atoms with Gasteiger partial charge in [-0.05, 0) is 37.6 Å². The van der Waals surface area contributed by atoms with Crippen LogP contribution in [0.3, 0.4) is 0 Å². The van der Waals surface area contributed by atoms with Crippen LogP contribution < -0.4 is 10.1 Å². The van der Waals surface area contributed by atoms with Crippen LogP contribution in [-0.4, -0.2) is 39.8 Å². The molecule has 1 aromatic carbocycles. The number of nitrogens with one attached hydrogen (secondary N) is 1. The lowest BCUT2D eigenvalue weighted by Gasteiger charge is -2.11. The molecule has 0 aliphatic carbocycles. The van der Waals surface area contributed by atoms with Crippen LogP contribution in [0.1, 0.15) is 32.6 Å². The first-order valence-corrected chi connectivity index (χ1v) is 8.11. The van der Waals surface area contributed by atoms with Crippen LogP contribution in [0.2, 0.25) is 0 Å². The minimum atomic E-state index is -1.05. The fourth-order valence-electron chi connectivity index (χ4n) is 2.17. The second-order valence-electron chi connectivity index (χ2n) is 5.34. The fraction of sp³-hybridized carbons (Fsp3) is 0.412. The van der Waals surface area contributed by atoms with Gasteiger partial charge in [0.1, 0.15) is 11.8 Å². The maximum absolute atomic E-state index is 11.8. The largest absolute Gasteiger partial charge is 0.494 e. The number of amides is 1. The molecule has 0 bridgehead atoms. The Labute approximate surface area is 145 Å². The molecule has 0 aliphatic heterocycles. The summed E-state index contributed by atoms with van der Waals surface area (Å²) in [4.78, 5) is 26.9. The van der Waals surface area contributed by atoms with E-state index in [0.29, 0.717) is 24.7 Å². The predicted octanol–water partition coefficient (Wildman–Crippen LogP) is 2.05. The van der Waals surface area contributed by atoms with Gasteiger partial charge in [0.05, 0.1) is 6.61 Å². The number of aromatic nitrogens is 2. The molecule has 25 heavy (non-hydrogen) atoms. The highest BCUT2D eigenvalue weighted by molar-refractivity contribution is 5.83. The Hall–Kier alpha value is -2.90. The Morgan fingerprint density at radius 2 is 2.00 bits per heavy atom. The Balaban J connectivity index is 1.90. The zero-order chi connectivity index (χ0) is 18.2. The van der Waals surface area contributed by atoms with E-state index < -0.39 is 12.0 Å². The van der Waals surface area contributed by atoms with E-state index in [-0.39, 0.29) is 18.7 Å². The maximum Gasteiger partial charge on any atom is 0.326 e. The summed E-state index contributed by atoms with van der Waals surface area (Å²) in [5.74, 6) is 0.0925. The number of rotatable bonds is 9. The average molecular weight is 347 g/mol. The number of benzene rings is 1. The SMILES string of the molecule is CCOc1ccc(-c2noc(CCC(=O)NC(CC)C(=O)O)n2)cc1. The molecule has 1 aromatic heterocycles. The first kappa shape index (κ1) is 18.4. The molecule has 1 atom stereocenters. The highest BCUT2D eigenvalue weighted by atomic mass is 16.5. The Kier molecular flexibility index (Phi) is 6.50. The molecule has 1 unspecified atom stereocenters. The number of carboxylic acid groups (broad SMARTS) is 1. The molecule has 2 aromatic rings. The lowest BCUT2D eigenvalue weighted by molar-refractivity contribution is -0.141. The van der Waals surface area contributed by atoms with Gasteiger partial charge in [0, 0.05) is 18.4 Å². The lowest BCUT2D eigenvalue weighted by atomic mass is 10.2. The van der Waals surface area contributed by atoms with Crippen molar-refractivity contribution in [3.63, 3.8) is 0 Å². The van der Waals surface area contributed by atoms with Crippen LogP contribution in [-0.2, 0) is 16.0 Å². The van der Waals surface area contributed by atoms with Crippen LogP contribution in [0.25, 0.3) is 11.4 Å². The van der Waals surface area contributed by atoms with Crippen molar-refractivity contribution in [3.05, 3.63) is 30.2 Å². The molecule has 1 amide bonds. The molecular weight excluding hydrogens is 326 g/mol.